The van der Waals surface area contributed by atoms with Gasteiger partial charge >= 0.3 is 6.03 Å². The molecular formula is C33H36N8O3S. The minimum absolute atomic E-state index is 0.00654. The van der Waals surface area contributed by atoms with Crippen molar-refractivity contribution in [2.24, 2.45) is 0 Å². The van der Waals surface area contributed by atoms with Crippen LogP contribution in [0.5, 0.6) is 0 Å². The zero-order valence-corrected chi connectivity index (χ0v) is 25.6. The summed E-state index contributed by atoms with van der Waals surface area (Å²) in [4.78, 5) is 49.3. The molecule has 0 aliphatic carbocycles. The number of benzene rings is 3. The first-order valence-corrected chi connectivity index (χ1v) is 15.8. The quantitative estimate of drug-likeness (QED) is 0.128. The summed E-state index contributed by atoms with van der Waals surface area (Å²) in [6, 6.07) is 20.2. The fraction of sp³-hybridized carbons (Fsp3) is 0.273. The molecule has 1 aromatic heterocycles. The van der Waals surface area contributed by atoms with E-state index in [1.807, 2.05) is 66.7 Å². The summed E-state index contributed by atoms with van der Waals surface area (Å²) in [6.45, 7) is 5.51. The Morgan fingerprint density at radius 2 is 1.89 bits per heavy atom. The van der Waals surface area contributed by atoms with Crippen LogP contribution in [0.1, 0.15) is 16.7 Å². The van der Waals surface area contributed by atoms with Crippen molar-refractivity contribution < 1.29 is 14.4 Å². The lowest BCUT2D eigenvalue weighted by molar-refractivity contribution is -0.156. The van der Waals surface area contributed by atoms with Gasteiger partial charge in [-0.05, 0) is 34.9 Å². The summed E-state index contributed by atoms with van der Waals surface area (Å²) in [6.07, 6.45) is 1.18. The maximum absolute atomic E-state index is 14.4. The number of fused-ring (bicyclic) bond motifs is 2. The average molecular weight is 625 g/mol. The van der Waals surface area contributed by atoms with Gasteiger partial charge in [-0.1, -0.05) is 54.6 Å². The van der Waals surface area contributed by atoms with Gasteiger partial charge in [0.2, 0.25) is 11.8 Å². The number of amides is 4. The molecule has 12 heteroatoms. The molecule has 232 valence electrons. The van der Waals surface area contributed by atoms with E-state index in [1.54, 1.807) is 32.7 Å². The van der Waals surface area contributed by atoms with E-state index < -0.39 is 18.2 Å². The van der Waals surface area contributed by atoms with Crippen LogP contribution in [0.4, 0.5) is 16.2 Å². The van der Waals surface area contributed by atoms with E-state index in [1.165, 1.54) is 0 Å². The molecule has 3 heterocycles. The highest BCUT2D eigenvalue weighted by atomic mass is 32.1. The van der Waals surface area contributed by atoms with Crippen molar-refractivity contribution in [2.45, 2.75) is 31.7 Å². The lowest BCUT2D eigenvalue weighted by atomic mass is 9.98. The summed E-state index contributed by atoms with van der Waals surface area (Å²) in [5, 5.41) is 15.5. The highest BCUT2D eigenvalue weighted by molar-refractivity contribution is 7.16. The smallest absolute Gasteiger partial charge is 0.316 e. The molecule has 2 atom stereocenters. The number of nitrogens with zero attached hydrogens (tertiary/aromatic N) is 3. The first-order valence-electron chi connectivity index (χ1n) is 14.9. The minimum atomic E-state index is -0.849. The summed E-state index contributed by atoms with van der Waals surface area (Å²) < 4.78 is 1.04. The van der Waals surface area contributed by atoms with Crippen LogP contribution in [0, 0.1) is 0 Å². The van der Waals surface area contributed by atoms with E-state index in [-0.39, 0.29) is 31.3 Å². The number of thiazole rings is 1. The Labute approximate surface area is 265 Å². The van der Waals surface area contributed by atoms with Crippen molar-refractivity contribution in [3.8, 4) is 0 Å². The SMILES string of the molecule is C=CCNCC(=O)N1[C@@H](NC(=O)NCc2ccccc2)CN(Cc2cccc3scnc23)C(=O)[C@@H]1Cc1ccc2c(c1)NCN2. The number of anilines is 2. The van der Waals surface area contributed by atoms with Crippen LogP contribution < -0.4 is 26.6 Å². The zero-order chi connectivity index (χ0) is 31.2. The van der Waals surface area contributed by atoms with Crippen molar-refractivity contribution in [3.05, 3.63) is 102 Å². The van der Waals surface area contributed by atoms with Crippen LogP contribution in [0.3, 0.4) is 0 Å². The second kappa shape index (κ2) is 13.8. The van der Waals surface area contributed by atoms with Gasteiger partial charge in [-0.2, -0.15) is 0 Å². The Hall–Kier alpha value is -4.94. The molecule has 0 spiro atoms. The molecular weight excluding hydrogens is 588 g/mol. The third-order valence-corrected chi connectivity index (χ3v) is 8.78. The topological polar surface area (TPSA) is 131 Å². The fourth-order valence-electron chi connectivity index (χ4n) is 5.83. The van der Waals surface area contributed by atoms with Crippen molar-refractivity contribution in [1.82, 2.24) is 30.7 Å². The van der Waals surface area contributed by atoms with E-state index in [0.717, 1.165) is 38.3 Å². The summed E-state index contributed by atoms with van der Waals surface area (Å²) in [5.41, 5.74) is 7.34. The van der Waals surface area contributed by atoms with Crippen LogP contribution in [0.15, 0.2) is 84.9 Å². The summed E-state index contributed by atoms with van der Waals surface area (Å²) >= 11 is 1.54. The molecule has 0 bridgehead atoms. The summed E-state index contributed by atoms with van der Waals surface area (Å²) in [7, 11) is 0. The van der Waals surface area contributed by atoms with E-state index in [9.17, 15) is 14.4 Å². The number of urea groups is 1. The molecule has 0 unspecified atom stereocenters. The number of carbonyl (C=O) groups is 3. The molecule has 1 saturated heterocycles. The first kappa shape index (κ1) is 30.1. The molecule has 2 aliphatic rings. The lowest BCUT2D eigenvalue weighted by Crippen LogP contribution is -2.69. The number of nitrogens with one attached hydrogen (secondary N) is 5. The molecule has 5 N–H and O–H groups in total. The van der Waals surface area contributed by atoms with Crippen LogP contribution in [0.25, 0.3) is 10.2 Å². The molecule has 4 amide bonds. The highest BCUT2D eigenvalue weighted by Gasteiger charge is 2.44. The van der Waals surface area contributed by atoms with Gasteiger partial charge < -0.3 is 36.4 Å². The van der Waals surface area contributed by atoms with E-state index >= 15 is 0 Å². The Bertz CT molecular complexity index is 1690. The molecule has 45 heavy (non-hydrogen) atoms. The number of hydrogen-bond acceptors (Lipinski definition) is 8. The van der Waals surface area contributed by atoms with Crippen LogP contribution in [-0.4, -0.2) is 71.1 Å². The number of rotatable bonds is 11. The van der Waals surface area contributed by atoms with Gasteiger partial charge in [0.15, 0.2) is 0 Å². The number of piperazine rings is 1. The third-order valence-electron chi connectivity index (χ3n) is 7.98. The Morgan fingerprint density at radius 3 is 2.73 bits per heavy atom. The molecule has 6 rings (SSSR count). The van der Waals surface area contributed by atoms with Crippen LogP contribution >= 0.6 is 11.3 Å². The third kappa shape index (κ3) is 6.92. The van der Waals surface area contributed by atoms with Gasteiger partial charge in [0, 0.05) is 26.1 Å². The average Bonchev–Trinajstić information content (AvgIpc) is 3.73. The minimum Gasteiger partial charge on any atom is -0.366 e. The molecule has 3 aromatic carbocycles. The zero-order valence-electron chi connectivity index (χ0n) is 24.8. The molecule has 11 nitrogen and oxygen atoms in total. The van der Waals surface area contributed by atoms with E-state index in [2.05, 4.69) is 38.1 Å². The van der Waals surface area contributed by atoms with Gasteiger partial charge in [-0.15, -0.1) is 17.9 Å². The van der Waals surface area contributed by atoms with Crippen LogP contribution in [0.2, 0.25) is 0 Å². The van der Waals surface area contributed by atoms with Crippen molar-refractivity contribution >= 4 is 50.8 Å². The normalized spacial score (nSPS) is 17.4. The monoisotopic (exact) mass is 624 g/mol. The first-order chi connectivity index (χ1) is 22.0. The van der Waals surface area contributed by atoms with Crippen LogP contribution in [-0.2, 0) is 29.1 Å². The van der Waals surface area contributed by atoms with Crippen molar-refractivity contribution in [3.63, 3.8) is 0 Å². The Morgan fingerprint density at radius 1 is 1.04 bits per heavy atom. The number of para-hydroxylation sites is 1. The fourth-order valence-corrected chi connectivity index (χ4v) is 6.56. The molecule has 0 radical (unpaired) electrons. The Kier molecular flexibility index (Phi) is 9.22. The number of aromatic nitrogens is 1. The van der Waals surface area contributed by atoms with E-state index in [0.29, 0.717) is 26.3 Å². The largest absolute Gasteiger partial charge is 0.366 e. The van der Waals surface area contributed by atoms with E-state index in [4.69, 9.17) is 0 Å². The number of hydrogen-bond donors (Lipinski definition) is 5. The Balaban J connectivity index is 1.31. The number of carbonyl (C=O) groups excluding carboxylic acids is 3. The van der Waals surface area contributed by atoms with Crippen molar-refractivity contribution in [2.75, 3.05) is 36.9 Å². The predicted molar refractivity (Wildman–Crippen MR) is 177 cm³/mol. The predicted octanol–water partition coefficient (Wildman–Crippen LogP) is 3.47. The second-order valence-corrected chi connectivity index (χ2v) is 11.9. The maximum atomic E-state index is 14.4. The van der Waals surface area contributed by atoms with Gasteiger partial charge in [0.1, 0.15) is 12.2 Å². The van der Waals surface area contributed by atoms with Gasteiger partial charge in [0.25, 0.3) is 0 Å². The van der Waals surface area contributed by atoms with Gasteiger partial charge in [-0.25, -0.2) is 9.78 Å². The molecule has 0 saturated carbocycles. The molecule has 4 aromatic rings. The lowest BCUT2D eigenvalue weighted by Gasteiger charge is -2.46. The molecule has 2 aliphatic heterocycles. The van der Waals surface area contributed by atoms with Crippen molar-refractivity contribution in [1.29, 1.82) is 0 Å². The van der Waals surface area contributed by atoms with Gasteiger partial charge in [0.05, 0.1) is 46.9 Å². The molecule has 1 fully saturated rings. The van der Waals surface area contributed by atoms with Gasteiger partial charge in [-0.3, -0.25) is 9.59 Å². The maximum Gasteiger partial charge on any atom is 0.316 e. The second-order valence-electron chi connectivity index (χ2n) is 11.0. The standard InChI is InChI=1S/C33H36N8O3S/c1-2-13-34-17-30(42)41-27(15-23-11-12-25-26(14-23)37-20-36-25)32(43)40(18-24-9-6-10-28-31(24)38-21-45-28)19-29(41)39-33(44)35-16-22-7-4-3-5-8-22/h2-12,14,21,27,29,34,36-37H,1,13,15-20H2,(H2,35,39,44)/t27-,29+/m0/s1. The summed E-state index contributed by atoms with van der Waals surface area (Å²) in [5.74, 6) is -0.473. The highest BCUT2D eigenvalue weighted by Crippen LogP contribution is 2.30.